The van der Waals surface area contributed by atoms with E-state index in [1.165, 1.54) is 51.9 Å². The van der Waals surface area contributed by atoms with Crippen LogP contribution >= 0.6 is 0 Å². The summed E-state index contributed by atoms with van der Waals surface area (Å²) in [7, 11) is 1.72. The van der Waals surface area contributed by atoms with E-state index in [1.54, 1.807) is 7.11 Å². The normalized spacial score (nSPS) is 26.8. The monoisotopic (exact) mass is 256 g/mol. The van der Waals surface area contributed by atoms with Crippen LogP contribution in [0.1, 0.15) is 25.7 Å². The molecule has 0 aromatic carbocycles. The zero-order valence-corrected chi connectivity index (χ0v) is 11.8. The van der Waals surface area contributed by atoms with Gasteiger partial charge in [0.2, 0.25) is 0 Å². The van der Waals surface area contributed by atoms with Crippen LogP contribution in [0.2, 0.25) is 0 Å². The highest BCUT2D eigenvalue weighted by Gasteiger charge is 2.26. The van der Waals surface area contributed by atoms with Gasteiger partial charge in [-0.05, 0) is 38.9 Å². The number of fused-ring (bicyclic) bond motifs is 1. The molecule has 1 atom stereocenters. The molecule has 1 unspecified atom stereocenters. The zero-order valence-electron chi connectivity index (χ0n) is 11.8. The van der Waals surface area contributed by atoms with E-state index < -0.39 is 0 Å². The Morgan fingerprint density at radius 1 is 1.00 bits per heavy atom. The predicted octanol–water partition coefficient (Wildman–Crippen LogP) is 1.21. The molecule has 2 rings (SSSR count). The first-order valence-corrected chi connectivity index (χ1v) is 7.43. The Kier molecular flexibility index (Phi) is 6.41. The standard InChI is InChI=1S/C14H28N2O2/c1-17-11-12-18-10-9-15-6-4-8-16-7-3-2-5-14(16)13-15/h14H,2-13H2,1H3. The second-order valence-electron chi connectivity index (χ2n) is 5.44. The van der Waals surface area contributed by atoms with Crippen molar-refractivity contribution in [2.75, 3.05) is 59.7 Å². The van der Waals surface area contributed by atoms with Crippen LogP contribution in [0.5, 0.6) is 0 Å². The van der Waals surface area contributed by atoms with E-state index in [0.29, 0.717) is 6.61 Å². The Balaban J connectivity index is 1.66. The first-order valence-electron chi connectivity index (χ1n) is 7.43. The fraction of sp³-hybridized carbons (Fsp3) is 1.00. The Hall–Kier alpha value is -0.160. The van der Waals surface area contributed by atoms with E-state index in [4.69, 9.17) is 9.47 Å². The van der Waals surface area contributed by atoms with E-state index in [2.05, 4.69) is 9.80 Å². The van der Waals surface area contributed by atoms with Gasteiger partial charge in [0.15, 0.2) is 0 Å². The number of nitrogens with zero attached hydrogens (tertiary/aromatic N) is 2. The number of piperidine rings is 1. The molecule has 18 heavy (non-hydrogen) atoms. The first-order chi connectivity index (χ1) is 8.90. The molecular formula is C14H28N2O2. The summed E-state index contributed by atoms with van der Waals surface area (Å²) in [5.41, 5.74) is 0. The lowest BCUT2D eigenvalue weighted by atomic mass is 10.0. The van der Waals surface area contributed by atoms with E-state index in [0.717, 1.165) is 25.8 Å². The molecular weight excluding hydrogens is 228 g/mol. The van der Waals surface area contributed by atoms with Gasteiger partial charge < -0.3 is 9.47 Å². The van der Waals surface area contributed by atoms with Crippen LogP contribution < -0.4 is 0 Å². The van der Waals surface area contributed by atoms with Gasteiger partial charge in [0, 0.05) is 26.2 Å². The maximum absolute atomic E-state index is 5.57. The second kappa shape index (κ2) is 8.10. The third kappa shape index (κ3) is 4.50. The van der Waals surface area contributed by atoms with Gasteiger partial charge in [-0.15, -0.1) is 0 Å². The number of hydrogen-bond donors (Lipinski definition) is 0. The molecule has 0 amide bonds. The Morgan fingerprint density at radius 2 is 1.89 bits per heavy atom. The average molecular weight is 256 g/mol. The van der Waals surface area contributed by atoms with Crippen LogP contribution in [0.15, 0.2) is 0 Å². The first kappa shape index (κ1) is 14.3. The van der Waals surface area contributed by atoms with Crippen molar-refractivity contribution >= 4 is 0 Å². The number of hydrogen-bond acceptors (Lipinski definition) is 4. The Labute approximate surface area is 111 Å². The molecule has 4 heteroatoms. The summed E-state index contributed by atoms with van der Waals surface area (Å²) in [5.74, 6) is 0. The number of rotatable bonds is 6. The molecule has 2 aliphatic rings. The third-order valence-corrected chi connectivity index (χ3v) is 4.12. The largest absolute Gasteiger partial charge is 0.382 e. The average Bonchev–Trinajstić information content (AvgIpc) is 2.60. The van der Waals surface area contributed by atoms with Crippen molar-refractivity contribution in [2.45, 2.75) is 31.7 Å². The van der Waals surface area contributed by atoms with Crippen molar-refractivity contribution in [2.24, 2.45) is 0 Å². The molecule has 2 fully saturated rings. The summed E-state index contributed by atoms with van der Waals surface area (Å²) >= 11 is 0. The molecule has 0 saturated carbocycles. The highest BCUT2D eigenvalue weighted by atomic mass is 16.5. The predicted molar refractivity (Wildman–Crippen MR) is 73.0 cm³/mol. The maximum atomic E-state index is 5.57. The minimum atomic E-state index is 0.705. The number of ether oxygens (including phenoxy) is 2. The van der Waals surface area contributed by atoms with Crippen molar-refractivity contribution < 1.29 is 9.47 Å². The van der Waals surface area contributed by atoms with Gasteiger partial charge in [0.1, 0.15) is 0 Å². The van der Waals surface area contributed by atoms with Crippen LogP contribution in [0.25, 0.3) is 0 Å². The Morgan fingerprint density at radius 3 is 2.78 bits per heavy atom. The van der Waals surface area contributed by atoms with E-state index >= 15 is 0 Å². The molecule has 0 N–H and O–H groups in total. The van der Waals surface area contributed by atoms with Gasteiger partial charge in [-0.1, -0.05) is 6.42 Å². The summed E-state index contributed by atoms with van der Waals surface area (Å²) < 4.78 is 10.6. The zero-order chi connectivity index (χ0) is 12.6. The molecule has 0 bridgehead atoms. The summed E-state index contributed by atoms with van der Waals surface area (Å²) in [5, 5.41) is 0. The van der Waals surface area contributed by atoms with Crippen LogP contribution in [0, 0.1) is 0 Å². The highest BCUT2D eigenvalue weighted by molar-refractivity contribution is 4.83. The molecule has 2 heterocycles. The van der Waals surface area contributed by atoms with Gasteiger partial charge >= 0.3 is 0 Å². The summed E-state index contributed by atoms with van der Waals surface area (Å²) in [4.78, 5) is 5.29. The lowest BCUT2D eigenvalue weighted by molar-refractivity contribution is 0.0537. The molecule has 0 aromatic heterocycles. The van der Waals surface area contributed by atoms with Gasteiger partial charge in [-0.2, -0.15) is 0 Å². The summed E-state index contributed by atoms with van der Waals surface area (Å²) in [6.07, 6.45) is 5.52. The molecule has 0 radical (unpaired) electrons. The van der Waals surface area contributed by atoms with Gasteiger partial charge in [-0.25, -0.2) is 0 Å². The van der Waals surface area contributed by atoms with Crippen molar-refractivity contribution in [3.63, 3.8) is 0 Å². The lowest BCUT2D eigenvalue weighted by Crippen LogP contribution is -2.44. The number of methoxy groups -OCH3 is 1. The summed E-state index contributed by atoms with van der Waals surface area (Å²) in [6, 6.07) is 0.806. The van der Waals surface area contributed by atoms with E-state index in [-0.39, 0.29) is 0 Å². The Bertz CT molecular complexity index is 226. The molecule has 0 aliphatic carbocycles. The molecule has 0 aromatic rings. The van der Waals surface area contributed by atoms with Crippen LogP contribution in [0.3, 0.4) is 0 Å². The van der Waals surface area contributed by atoms with E-state index in [1.807, 2.05) is 0 Å². The van der Waals surface area contributed by atoms with Gasteiger partial charge in [0.05, 0.1) is 19.8 Å². The van der Waals surface area contributed by atoms with Gasteiger partial charge in [-0.3, -0.25) is 9.80 Å². The van der Waals surface area contributed by atoms with E-state index in [9.17, 15) is 0 Å². The summed E-state index contributed by atoms with van der Waals surface area (Å²) in [6.45, 7) is 8.45. The SMILES string of the molecule is COCCOCCN1CCCN2CCCCC2C1. The second-order valence-corrected chi connectivity index (χ2v) is 5.44. The van der Waals surface area contributed by atoms with Crippen LogP contribution in [0.4, 0.5) is 0 Å². The maximum Gasteiger partial charge on any atom is 0.0700 e. The minimum Gasteiger partial charge on any atom is -0.382 e. The molecule has 0 spiro atoms. The van der Waals surface area contributed by atoms with Crippen molar-refractivity contribution in [3.8, 4) is 0 Å². The van der Waals surface area contributed by atoms with Crippen molar-refractivity contribution in [3.05, 3.63) is 0 Å². The van der Waals surface area contributed by atoms with Crippen molar-refractivity contribution in [1.82, 2.24) is 9.80 Å². The minimum absolute atomic E-state index is 0.705. The fourth-order valence-electron chi connectivity index (χ4n) is 3.09. The van der Waals surface area contributed by atoms with Crippen molar-refractivity contribution in [1.29, 1.82) is 0 Å². The lowest BCUT2D eigenvalue weighted by Gasteiger charge is -2.35. The molecule has 2 saturated heterocycles. The van der Waals surface area contributed by atoms with Gasteiger partial charge in [0.25, 0.3) is 0 Å². The fourth-order valence-corrected chi connectivity index (χ4v) is 3.09. The molecule has 2 aliphatic heterocycles. The van der Waals surface area contributed by atoms with Crippen LogP contribution in [-0.2, 0) is 9.47 Å². The van der Waals surface area contributed by atoms with Crippen LogP contribution in [-0.4, -0.2) is 75.5 Å². The topological polar surface area (TPSA) is 24.9 Å². The quantitative estimate of drug-likeness (QED) is 0.667. The molecule has 106 valence electrons. The third-order valence-electron chi connectivity index (χ3n) is 4.12. The molecule has 4 nitrogen and oxygen atoms in total. The smallest absolute Gasteiger partial charge is 0.0700 e. The highest BCUT2D eigenvalue weighted by Crippen LogP contribution is 2.20.